The fraction of sp³-hybridized carbons (Fsp3) is 0.778. The Hall–Kier alpha value is -0.860. The topological polar surface area (TPSA) is 41.6 Å². The van der Waals surface area contributed by atoms with Crippen molar-refractivity contribution in [2.75, 3.05) is 0 Å². The van der Waals surface area contributed by atoms with E-state index in [4.69, 9.17) is 0 Å². The third kappa shape index (κ3) is 2.32. The Morgan fingerprint density at radius 1 is 1.42 bits per heavy atom. The van der Waals surface area contributed by atoms with Crippen LogP contribution >= 0.6 is 0 Å². The average Bonchev–Trinajstić information content (AvgIpc) is 2.52. The molecule has 3 nitrogen and oxygen atoms in total. The van der Waals surface area contributed by atoms with E-state index in [1.807, 2.05) is 0 Å². The Labute approximate surface area is 73.6 Å². The van der Waals surface area contributed by atoms with Crippen LogP contribution in [-0.4, -0.2) is 15.2 Å². The Morgan fingerprint density at radius 2 is 2.17 bits per heavy atom. The van der Waals surface area contributed by atoms with Crippen LogP contribution in [0.25, 0.3) is 0 Å². The van der Waals surface area contributed by atoms with Crippen molar-refractivity contribution in [2.24, 2.45) is 5.92 Å². The molecular formula is C9H17N3. The monoisotopic (exact) mass is 167 g/mol. The Morgan fingerprint density at radius 3 is 2.67 bits per heavy atom. The minimum absolute atomic E-state index is 0.697. The quantitative estimate of drug-likeness (QED) is 0.744. The van der Waals surface area contributed by atoms with Crippen LogP contribution in [0.4, 0.5) is 0 Å². The summed E-state index contributed by atoms with van der Waals surface area (Å²) in [4.78, 5) is 4.35. The standard InChI is InChI=1S/C9H17N3/c1-4-7(3)6-9-10-8(5-2)11-12-9/h7H,4-6H2,1-3H3,(H,10,11,12). The van der Waals surface area contributed by atoms with Crippen LogP contribution in [0.3, 0.4) is 0 Å². The first-order chi connectivity index (χ1) is 5.76. The van der Waals surface area contributed by atoms with E-state index in [0.29, 0.717) is 5.92 Å². The number of aromatic amines is 1. The molecule has 0 fully saturated rings. The van der Waals surface area contributed by atoms with Gasteiger partial charge < -0.3 is 0 Å². The number of hydrogen-bond donors (Lipinski definition) is 1. The molecule has 12 heavy (non-hydrogen) atoms. The van der Waals surface area contributed by atoms with Gasteiger partial charge in [0, 0.05) is 12.8 Å². The first-order valence-corrected chi connectivity index (χ1v) is 4.66. The van der Waals surface area contributed by atoms with Gasteiger partial charge >= 0.3 is 0 Å². The van der Waals surface area contributed by atoms with Crippen molar-refractivity contribution < 1.29 is 0 Å². The molecule has 0 aliphatic heterocycles. The molecule has 68 valence electrons. The van der Waals surface area contributed by atoms with Gasteiger partial charge in [0.25, 0.3) is 0 Å². The van der Waals surface area contributed by atoms with Gasteiger partial charge in [-0.2, -0.15) is 5.10 Å². The Kier molecular flexibility index (Phi) is 3.26. The maximum Gasteiger partial charge on any atom is 0.150 e. The Bertz CT molecular complexity index is 229. The summed E-state index contributed by atoms with van der Waals surface area (Å²) in [5, 5.41) is 7.05. The van der Waals surface area contributed by atoms with Crippen LogP contribution in [0.15, 0.2) is 0 Å². The maximum atomic E-state index is 4.35. The van der Waals surface area contributed by atoms with E-state index in [-0.39, 0.29) is 0 Å². The summed E-state index contributed by atoms with van der Waals surface area (Å²) in [6.45, 7) is 6.49. The normalized spacial score (nSPS) is 13.2. The number of aryl methyl sites for hydroxylation is 1. The number of rotatable bonds is 4. The van der Waals surface area contributed by atoms with Crippen molar-refractivity contribution in [3.8, 4) is 0 Å². The third-order valence-electron chi connectivity index (χ3n) is 2.13. The van der Waals surface area contributed by atoms with E-state index < -0.39 is 0 Å². The van der Waals surface area contributed by atoms with Gasteiger partial charge in [0.1, 0.15) is 11.6 Å². The molecule has 0 amide bonds. The van der Waals surface area contributed by atoms with Gasteiger partial charge in [0.15, 0.2) is 0 Å². The minimum atomic E-state index is 0.697. The highest BCUT2D eigenvalue weighted by atomic mass is 15.2. The summed E-state index contributed by atoms with van der Waals surface area (Å²) in [6.07, 6.45) is 3.13. The lowest BCUT2D eigenvalue weighted by atomic mass is 10.1. The summed E-state index contributed by atoms with van der Waals surface area (Å²) >= 11 is 0. The summed E-state index contributed by atoms with van der Waals surface area (Å²) in [5.74, 6) is 2.65. The minimum Gasteiger partial charge on any atom is -0.263 e. The molecule has 0 radical (unpaired) electrons. The molecule has 1 unspecified atom stereocenters. The molecule has 1 rings (SSSR count). The molecular weight excluding hydrogens is 150 g/mol. The van der Waals surface area contributed by atoms with Gasteiger partial charge in [-0.15, -0.1) is 0 Å². The van der Waals surface area contributed by atoms with E-state index in [1.165, 1.54) is 6.42 Å². The van der Waals surface area contributed by atoms with E-state index in [2.05, 4.69) is 36.0 Å². The molecule has 0 aromatic carbocycles. The molecule has 1 N–H and O–H groups in total. The molecule has 0 bridgehead atoms. The second kappa shape index (κ2) is 4.24. The molecule has 0 saturated heterocycles. The number of hydrogen-bond acceptors (Lipinski definition) is 2. The molecule has 1 atom stereocenters. The molecule has 0 saturated carbocycles. The van der Waals surface area contributed by atoms with Crippen molar-refractivity contribution in [2.45, 2.75) is 40.0 Å². The fourth-order valence-corrected chi connectivity index (χ4v) is 1.06. The molecule has 0 aliphatic rings. The van der Waals surface area contributed by atoms with Gasteiger partial charge in [0.05, 0.1) is 0 Å². The lowest BCUT2D eigenvalue weighted by molar-refractivity contribution is 0.544. The lowest BCUT2D eigenvalue weighted by Crippen LogP contribution is -1.99. The zero-order chi connectivity index (χ0) is 8.97. The molecule has 0 spiro atoms. The van der Waals surface area contributed by atoms with Crippen molar-refractivity contribution in [1.82, 2.24) is 15.2 Å². The summed E-state index contributed by atoms with van der Waals surface area (Å²) in [5.41, 5.74) is 0. The SMILES string of the molecule is CCc1n[nH]c(CC(C)CC)n1. The largest absolute Gasteiger partial charge is 0.263 e. The zero-order valence-corrected chi connectivity index (χ0v) is 8.09. The van der Waals surface area contributed by atoms with Crippen molar-refractivity contribution in [1.29, 1.82) is 0 Å². The molecule has 1 heterocycles. The molecule has 1 aromatic rings. The second-order valence-corrected chi connectivity index (χ2v) is 3.27. The van der Waals surface area contributed by atoms with Crippen LogP contribution in [0, 0.1) is 5.92 Å². The van der Waals surface area contributed by atoms with Gasteiger partial charge in [0.2, 0.25) is 0 Å². The second-order valence-electron chi connectivity index (χ2n) is 3.27. The molecule has 1 aromatic heterocycles. The van der Waals surface area contributed by atoms with Crippen LogP contribution in [-0.2, 0) is 12.8 Å². The first-order valence-electron chi connectivity index (χ1n) is 4.66. The van der Waals surface area contributed by atoms with Gasteiger partial charge in [-0.3, -0.25) is 5.10 Å². The van der Waals surface area contributed by atoms with Gasteiger partial charge in [-0.25, -0.2) is 4.98 Å². The van der Waals surface area contributed by atoms with Gasteiger partial charge in [-0.1, -0.05) is 27.2 Å². The summed E-state index contributed by atoms with van der Waals surface area (Å²) in [6, 6.07) is 0. The van der Waals surface area contributed by atoms with Crippen molar-refractivity contribution >= 4 is 0 Å². The smallest absolute Gasteiger partial charge is 0.150 e. The highest BCUT2D eigenvalue weighted by Gasteiger charge is 2.05. The number of nitrogens with zero attached hydrogens (tertiary/aromatic N) is 2. The van der Waals surface area contributed by atoms with Crippen LogP contribution in [0.1, 0.15) is 38.8 Å². The van der Waals surface area contributed by atoms with Crippen molar-refractivity contribution in [3.05, 3.63) is 11.6 Å². The fourth-order valence-electron chi connectivity index (χ4n) is 1.06. The molecule has 0 aliphatic carbocycles. The number of aromatic nitrogens is 3. The molecule has 3 heteroatoms. The highest BCUT2D eigenvalue weighted by Crippen LogP contribution is 2.07. The maximum absolute atomic E-state index is 4.35. The Balaban J connectivity index is 2.52. The van der Waals surface area contributed by atoms with E-state index in [9.17, 15) is 0 Å². The predicted octanol–water partition coefficient (Wildman–Crippen LogP) is 1.96. The van der Waals surface area contributed by atoms with Gasteiger partial charge in [-0.05, 0) is 5.92 Å². The number of nitrogens with one attached hydrogen (secondary N) is 1. The first kappa shape index (κ1) is 9.23. The zero-order valence-electron chi connectivity index (χ0n) is 8.09. The summed E-state index contributed by atoms with van der Waals surface area (Å²) < 4.78 is 0. The van der Waals surface area contributed by atoms with Crippen LogP contribution in [0.2, 0.25) is 0 Å². The van der Waals surface area contributed by atoms with E-state index in [0.717, 1.165) is 24.5 Å². The predicted molar refractivity (Wildman–Crippen MR) is 48.9 cm³/mol. The van der Waals surface area contributed by atoms with Crippen molar-refractivity contribution in [3.63, 3.8) is 0 Å². The lowest BCUT2D eigenvalue weighted by Gasteiger charge is -2.03. The van der Waals surface area contributed by atoms with E-state index in [1.54, 1.807) is 0 Å². The number of H-pyrrole nitrogens is 1. The average molecular weight is 167 g/mol. The highest BCUT2D eigenvalue weighted by molar-refractivity contribution is 4.90. The van der Waals surface area contributed by atoms with Crippen LogP contribution in [0.5, 0.6) is 0 Å². The van der Waals surface area contributed by atoms with E-state index >= 15 is 0 Å². The third-order valence-corrected chi connectivity index (χ3v) is 2.13. The van der Waals surface area contributed by atoms with Crippen LogP contribution < -0.4 is 0 Å². The summed E-state index contributed by atoms with van der Waals surface area (Å²) in [7, 11) is 0.